The third-order valence-electron chi connectivity index (χ3n) is 1.82. The SMILES string of the molecule is NC(c1ccc([N+](=O)[O-])c(F)c1)C(F)F. The van der Waals surface area contributed by atoms with Gasteiger partial charge >= 0.3 is 5.69 Å². The van der Waals surface area contributed by atoms with Gasteiger partial charge in [0.1, 0.15) is 0 Å². The monoisotopic (exact) mass is 220 g/mol. The highest BCUT2D eigenvalue weighted by Gasteiger charge is 2.21. The molecule has 1 aromatic carbocycles. The molecule has 0 aliphatic heterocycles. The molecule has 0 aliphatic carbocycles. The first kappa shape index (κ1) is 11.4. The predicted molar refractivity (Wildman–Crippen MR) is 46.0 cm³/mol. The van der Waals surface area contributed by atoms with Crippen molar-refractivity contribution in [3.05, 3.63) is 39.7 Å². The van der Waals surface area contributed by atoms with Crippen LogP contribution in [0.4, 0.5) is 18.9 Å². The molecule has 0 amide bonds. The largest absolute Gasteiger partial charge is 0.319 e. The van der Waals surface area contributed by atoms with E-state index in [1.54, 1.807) is 0 Å². The fourth-order valence-corrected chi connectivity index (χ4v) is 1.02. The Morgan fingerprint density at radius 1 is 1.40 bits per heavy atom. The normalized spacial score (nSPS) is 12.9. The number of nitrogens with two attached hydrogens (primary N) is 1. The topological polar surface area (TPSA) is 69.2 Å². The van der Waals surface area contributed by atoms with E-state index in [2.05, 4.69) is 0 Å². The van der Waals surface area contributed by atoms with Gasteiger partial charge in [-0.3, -0.25) is 10.1 Å². The summed E-state index contributed by atoms with van der Waals surface area (Å²) in [5, 5.41) is 10.2. The standard InChI is InChI=1S/C8H7F3N2O2/c9-5-3-4(7(12)8(10)11)1-2-6(5)13(14)15/h1-3,7-8H,12H2. The van der Waals surface area contributed by atoms with Crippen LogP contribution in [0, 0.1) is 15.9 Å². The van der Waals surface area contributed by atoms with E-state index in [1.165, 1.54) is 0 Å². The van der Waals surface area contributed by atoms with E-state index in [0.29, 0.717) is 6.07 Å². The van der Waals surface area contributed by atoms with Crippen molar-refractivity contribution in [3.63, 3.8) is 0 Å². The Bertz CT molecular complexity index is 384. The van der Waals surface area contributed by atoms with E-state index in [9.17, 15) is 23.3 Å². The first-order chi connectivity index (χ1) is 6.93. The van der Waals surface area contributed by atoms with E-state index < -0.39 is 28.9 Å². The quantitative estimate of drug-likeness (QED) is 0.625. The number of hydrogen-bond acceptors (Lipinski definition) is 3. The molecule has 0 bridgehead atoms. The van der Waals surface area contributed by atoms with E-state index >= 15 is 0 Å². The van der Waals surface area contributed by atoms with Crippen LogP contribution >= 0.6 is 0 Å². The molecule has 82 valence electrons. The number of hydrogen-bond donors (Lipinski definition) is 1. The number of nitro groups is 1. The summed E-state index contributed by atoms with van der Waals surface area (Å²) in [7, 11) is 0. The summed E-state index contributed by atoms with van der Waals surface area (Å²) in [5.41, 5.74) is 4.11. The lowest BCUT2D eigenvalue weighted by Crippen LogP contribution is -2.19. The maximum absolute atomic E-state index is 13.0. The summed E-state index contributed by atoms with van der Waals surface area (Å²) in [6.07, 6.45) is -2.84. The highest BCUT2D eigenvalue weighted by molar-refractivity contribution is 5.36. The van der Waals surface area contributed by atoms with Crippen molar-refractivity contribution >= 4 is 5.69 Å². The van der Waals surface area contributed by atoms with Gasteiger partial charge in [0.15, 0.2) is 0 Å². The van der Waals surface area contributed by atoms with Crippen LogP contribution in [-0.2, 0) is 0 Å². The molecule has 1 unspecified atom stereocenters. The average Bonchev–Trinajstić information content (AvgIpc) is 2.15. The number of nitro benzene ring substituents is 1. The molecule has 0 spiro atoms. The summed E-state index contributed by atoms with van der Waals surface area (Å²) >= 11 is 0. The molecule has 7 heteroatoms. The number of nitrogens with zero attached hydrogens (tertiary/aromatic N) is 1. The molecule has 0 aromatic heterocycles. The molecule has 0 fully saturated rings. The van der Waals surface area contributed by atoms with E-state index in [1.807, 2.05) is 0 Å². The Labute approximate surface area is 82.7 Å². The summed E-state index contributed by atoms with van der Waals surface area (Å²) in [6.45, 7) is 0. The second kappa shape index (κ2) is 4.26. The molecule has 0 saturated heterocycles. The van der Waals surface area contributed by atoms with E-state index in [4.69, 9.17) is 5.73 Å². The summed E-state index contributed by atoms with van der Waals surface area (Å²) < 4.78 is 37.2. The van der Waals surface area contributed by atoms with Crippen LogP contribution in [0.1, 0.15) is 11.6 Å². The van der Waals surface area contributed by atoms with Gasteiger partial charge in [0.25, 0.3) is 6.43 Å². The minimum absolute atomic E-state index is 0.173. The third kappa shape index (κ3) is 2.44. The molecule has 15 heavy (non-hydrogen) atoms. The Hall–Kier alpha value is -1.63. The summed E-state index contributed by atoms with van der Waals surface area (Å²) in [4.78, 5) is 9.29. The molecular weight excluding hydrogens is 213 g/mol. The van der Waals surface area contributed by atoms with Crippen molar-refractivity contribution in [2.24, 2.45) is 5.73 Å². The maximum Gasteiger partial charge on any atom is 0.304 e. The molecular formula is C8H7F3N2O2. The maximum atomic E-state index is 13.0. The molecule has 0 aliphatic rings. The van der Waals surface area contributed by atoms with E-state index in [0.717, 1.165) is 12.1 Å². The van der Waals surface area contributed by atoms with Crippen LogP contribution in [0.15, 0.2) is 18.2 Å². The lowest BCUT2D eigenvalue weighted by molar-refractivity contribution is -0.387. The molecule has 0 radical (unpaired) electrons. The van der Waals surface area contributed by atoms with Crippen LogP contribution in [0.25, 0.3) is 0 Å². The highest BCUT2D eigenvalue weighted by Crippen LogP contribution is 2.23. The number of halogens is 3. The summed E-state index contributed by atoms with van der Waals surface area (Å²) in [6, 6.07) is 0.834. The van der Waals surface area contributed by atoms with Crippen molar-refractivity contribution in [2.75, 3.05) is 0 Å². The van der Waals surface area contributed by atoms with Crippen LogP contribution < -0.4 is 5.73 Å². The van der Waals surface area contributed by atoms with Crippen LogP contribution in [-0.4, -0.2) is 11.3 Å². The molecule has 1 aromatic rings. The Kier molecular flexibility index (Phi) is 3.25. The van der Waals surface area contributed by atoms with Gasteiger partial charge in [0.2, 0.25) is 5.82 Å². The second-order valence-electron chi connectivity index (χ2n) is 2.83. The van der Waals surface area contributed by atoms with Gasteiger partial charge in [-0.1, -0.05) is 6.07 Å². The smallest absolute Gasteiger partial charge is 0.304 e. The first-order valence-corrected chi connectivity index (χ1v) is 3.91. The predicted octanol–water partition coefficient (Wildman–Crippen LogP) is 2.00. The van der Waals surface area contributed by atoms with Gasteiger partial charge in [-0.05, 0) is 11.6 Å². The zero-order valence-electron chi connectivity index (χ0n) is 7.36. The van der Waals surface area contributed by atoms with Gasteiger partial charge in [-0.15, -0.1) is 0 Å². The third-order valence-corrected chi connectivity index (χ3v) is 1.82. The van der Waals surface area contributed by atoms with Gasteiger partial charge in [-0.25, -0.2) is 8.78 Å². The fraction of sp³-hybridized carbons (Fsp3) is 0.250. The molecule has 2 N–H and O–H groups in total. The second-order valence-corrected chi connectivity index (χ2v) is 2.83. The first-order valence-electron chi connectivity index (χ1n) is 3.91. The van der Waals surface area contributed by atoms with Crippen molar-refractivity contribution < 1.29 is 18.1 Å². The fourth-order valence-electron chi connectivity index (χ4n) is 1.02. The van der Waals surface area contributed by atoms with E-state index in [-0.39, 0.29) is 5.56 Å². The Balaban J connectivity index is 3.06. The minimum Gasteiger partial charge on any atom is -0.319 e. The number of alkyl halides is 2. The zero-order valence-corrected chi connectivity index (χ0v) is 7.36. The molecule has 4 nitrogen and oxygen atoms in total. The van der Waals surface area contributed by atoms with Crippen LogP contribution in [0.3, 0.4) is 0 Å². The van der Waals surface area contributed by atoms with Crippen molar-refractivity contribution in [2.45, 2.75) is 12.5 Å². The average molecular weight is 220 g/mol. The molecule has 0 saturated carbocycles. The van der Waals surface area contributed by atoms with Gasteiger partial charge in [0, 0.05) is 6.07 Å². The molecule has 0 heterocycles. The molecule has 1 atom stereocenters. The highest BCUT2D eigenvalue weighted by atomic mass is 19.3. The number of benzene rings is 1. The molecule has 1 rings (SSSR count). The van der Waals surface area contributed by atoms with Crippen molar-refractivity contribution in [1.29, 1.82) is 0 Å². The van der Waals surface area contributed by atoms with Crippen molar-refractivity contribution in [3.8, 4) is 0 Å². The van der Waals surface area contributed by atoms with Gasteiger partial charge in [-0.2, -0.15) is 4.39 Å². The van der Waals surface area contributed by atoms with Crippen LogP contribution in [0.2, 0.25) is 0 Å². The zero-order chi connectivity index (χ0) is 11.6. The van der Waals surface area contributed by atoms with Crippen LogP contribution in [0.5, 0.6) is 0 Å². The van der Waals surface area contributed by atoms with Crippen molar-refractivity contribution in [1.82, 2.24) is 0 Å². The lowest BCUT2D eigenvalue weighted by atomic mass is 10.1. The Morgan fingerprint density at radius 3 is 2.40 bits per heavy atom. The summed E-state index contributed by atoms with van der Waals surface area (Å²) in [5.74, 6) is -1.17. The van der Waals surface area contributed by atoms with Gasteiger partial charge in [0.05, 0.1) is 11.0 Å². The van der Waals surface area contributed by atoms with Gasteiger partial charge < -0.3 is 5.73 Å². The lowest BCUT2D eigenvalue weighted by Gasteiger charge is -2.10. The number of rotatable bonds is 3. The minimum atomic E-state index is -2.84. The Morgan fingerprint density at radius 2 is 2.00 bits per heavy atom.